The van der Waals surface area contributed by atoms with Gasteiger partial charge < -0.3 is 10.2 Å². The smallest absolute Gasteiger partial charge is 0.331 e. The predicted molar refractivity (Wildman–Crippen MR) is 96.9 cm³/mol. The number of benzene rings is 1. The van der Waals surface area contributed by atoms with Crippen LogP contribution >= 0.6 is 0 Å². The van der Waals surface area contributed by atoms with Crippen LogP contribution in [0.3, 0.4) is 0 Å². The van der Waals surface area contributed by atoms with Gasteiger partial charge >= 0.3 is 5.69 Å². The molecule has 134 valence electrons. The molecular weight excluding hydrogens is 320 g/mol. The molecule has 1 aromatic heterocycles. The first kappa shape index (κ1) is 18.7. The van der Waals surface area contributed by atoms with Crippen LogP contribution in [-0.2, 0) is 14.1 Å². The zero-order valence-electron chi connectivity index (χ0n) is 15.2. The van der Waals surface area contributed by atoms with Crippen molar-refractivity contribution in [1.82, 2.24) is 19.4 Å². The highest BCUT2D eigenvalue weighted by Gasteiger charge is 2.19. The molecule has 1 aromatic carbocycles. The standard InChI is InChI=1S/C18H24N4O3/c1-12-8-6-7-9-13(12)15(20(2)3)11-19-17(24)14-10-16(23)22(5)18(25)21(14)4/h6-10,15H,11H2,1-5H3,(H,19,24). The zero-order valence-corrected chi connectivity index (χ0v) is 15.2. The van der Waals surface area contributed by atoms with E-state index in [-0.39, 0.29) is 11.7 Å². The van der Waals surface area contributed by atoms with Crippen molar-refractivity contribution in [3.63, 3.8) is 0 Å². The lowest BCUT2D eigenvalue weighted by Gasteiger charge is -2.26. The molecule has 0 fully saturated rings. The summed E-state index contributed by atoms with van der Waals surface area (Å²) in [5.74, 6) is -0.447. The Morgan fingerprint density at radius 1 is 1.16 bits per heavy atom. The Bertz CT molecular complexity index is 896. The molecule has 7 heteroatoms. The number of nitrogens with one attached hydrogen (secondary N) is 1. The fourth-order valence-corrected chi connectivity index (χ4v) is 2.76. The van der Waals surface area contributed by atoms with Crippen molar-refractivity contribution < 1.29 is 4.79 Å². The highest BCUT2D eigenvalue weighted by atomic mass is 16.2. The van der Waals surface area contributed by atoms with Crippen LogP contribution in [0.25, 0.3) is 0 Å². The van der Waals surface area contributed by atoms with Gasteiger partial charge in [0.25, 0.3) is 11.5 Å². The lowest BCUT2D eigenvalue weighted by molar-refractivity contribution is 0.0931. The van der Waals surface area contributed by atoms with E-state index in [1.807, 2.05) is 50.2 Å². The minimum atomic E-state index is -0.527. The van der Waals surface area contributed by atoms with Crippen LogP contribution in [0.5, 0.6) is 0 Å². The topological polar surface area (TPSA) is 76.3 Å². The third-order valence-electron chi connectivity index (χ3n) is 4.39. The van der Waals surface area contributed by atoms with Gasteiger partial charge in [0.1, 0.15) is 5.69 Å². The molecule has 0 aliphatic heterocycles. The molecule has 0 aliphatic rings. The summed E-state index contributed by atoms with van der Waals surface area (Å²) in [6, 6.07) is 9.15. The van der Waals surface area contributed by atoms with Crippen molar-refractivity contribution >= 4 is 5.91 Å². The summed E-state index contributed by atoms with van der Waals surface area (Å²) in [6.45, 7) is 2.39. The molecular formula is C18H24N4O3. The number of carbonyl (C=O) groups is 1. The summed E-state index contributed by atoms with van der Waals surface area (Å²) < 4.78 is 2.14. The van der Waals surface area contributed by atoms with Crippen LogP contribution in [0.2, 0.25) is 0 Å². The average molecular weight is 344 g/mol. The molecule has 0 saturated carbocycles. The average Bonchev–Trinajstić information content (AvgIpc) is 2.57. The van der Waals surface area contributed by atoms with Gasteiger partial charge in [0.15, 0.2) is 0 Å². The Morgan fingerprint density at radius 2 is 1.80 bits per heavy atom. The van der Waals surface area contributed by atoms with Crippen molar-refractivity contribution in [1.29, 1.82) is 0 Å². The Kier molecular flexibility index (Phi) is 5.58. The van der Waals surface area contributed by atoms with Crippen molar-refractivity contribution in [2.45, 2.75) is 13.0 Å². The second-order valence-corrected chi connectivity index (χ2v) is 6.31. The Hall–Kier alpha value is -2.67. The van der Waals surface area contributed by atoms with Gasteiger partial charge in [-0.05, 0) is 32.1 Å². The second kappa shape index (κ2) is 7.48. The molecule has 0 saturated heterocycles. The van der Waals surface area contributed by atoms with E-state index in [4.69, 9.17) is 0 Å². The predicted octanol–water partition coefficient (Wildman–Crippen LogP) is 0.425. The molecule has 1 heterocycles. The van der Waals surface area contributed by atoms with Crippen LogP contribution in [-0.4, -0.2) is 40.6 Å². The van der Waals surface area contributed by atoms with E-state index in [9.17, 15) is 14.4 Å². The quantitative estimate of drug-likeness (QED) is 0.853. The first-order valence-electron chi connectivity index (χ1n) is 8.01. The lowest BCUT2D eigenvalue weighted by Crippen LogP contribution is -2.42. The molecule has 0 radical (unpaired) electrons. The second-order valence-electron chi connectivity index (χ2n) is 6.31. The van der Waals surface area contributed by atoms with Gasteiger partial charge in [-0.2, -0.15) is 0 Å². The number of likely N-dealkylation sites (N-methyl/N-ethyl adjacent to an activating group) is 1. The SMILES string of the molecule is Cc1ccccc1C(CNC(=O)c1cc(=O)n(C)c(=O)n1C)N(C)C. The zero-order chi connectivity index (χ0) is 18.7. The van der Waals surface area contributed by atoms with E-state index in [1.165, 1.54) is 24.7 Å². The number of nitrogens with zero attached hydrogens (tertiary/aromatic N) is 3. The molecule has 7 nitrogen and oxygen atoms in total. The maximum absolute atomic E-state index is 12.5. The molecule has 1 atom stereocenters. The van der Waals surface area contributed by atoms with Gasteiger partial charge in [-0.25, -0.2) is 4.79 Å². The fourth-order valence-electron chi connectivity index (χ4n) is 2.76. The summed E-state index contributed by atoms with van der Waals surface area (Å²) in [6.07, 6.45) is 0. The van der Waals surface area contributed by atoms with Crippen LogP contribution in [0.15, 0.2) is 39.9 Å². The van der Waals surface area contributed by atoms with Crippen molar-refractivity contribution in [2.24, 2.45) is 14.1 Å². The van der Waals surface area contributed by atoms with E-state index in [0.29, 0.717) is 6.54 Å². The van der Waals surface area contributed by atoms with Gasteiger partial charge in [0.05, 0.1) is 6.04 Å². The van der Waals surface area contributed by atoms with Crippen molar-refractivity contribution in [2.75, 3.05) is 20.6 Å². The molecule has 0 bridgehead atoms. The van der Waals surface area contributed by atoms with Crippen LogP contribution in [0.4, 0.5) is 0 Å². The third kappa shape index (κ3) is 3.88. The summed E-state index contributed by atoms with van der Waals surface area (Å²) in [7, 11) is 6.74. The molecule has 1 unspecified atom stereocenters. The number of hydrogen-bond acceptors (Lipinski definition) is 4. The van der Waals surface area contributed by atoms with Crippen molar-refractivity contribution in [3.8, 4) is 0 Å². The molecule has 0 spiro atoms. The van der Waals surface area contributed by atoms with Crippen LogP contribution in [0.1, 0.15) is 27.7 Å². The molecule has 25 heavy (non-hydrogen) atoms. The summed E-state index contributed by atoms with van der Waals surface area (Å²) >= 11 is 0. The summed E-state index contributed by atoms with van der Waals surface area (Å²) in [4.78, 5) is 38.3. The number of carbonyl (C=O) groups excluding carboxylic acids is 1. The third-order valence-corrected chi connectivity index (χ3v) is 4.39. The maximum atomic E-state index is 12.5. The van der Waals surface area contributed by atoms with Gasteiger partial charge in [-0.15, -0.1) is 0 Å². The van der Waals surface area contributed by atoms with E-state index in [1.54, 1.807) is 0 Å². The highest BCUT2D eigenvalue weighted by Crippen LogP contribution is 2.21. The van der Waals surface area contributed by atoms with E-state index in [0.717, 1.165) is 15.7 Å². The Balaban J connectivity index is 2.25. The number of rotatable bonds is 5. The summed E-state index contributed by atoms with van der Waals surface area (Å²) in [5, 5.41) is 2.83. The van der Waals surface area contributed by atoms with E-state index >= 15 is 0 Å². The molecule has 2 rings (SSSR count). The molecule has 2 aromatic rings. The number of amides is 1. The number of hydrogen-bond donors (Lipinski definition) is 1. The molecule has 1 N–H and O–H groups in total. The first-order valence-corrected chi connectivity index (χ1v) is 8.01. The number of aromatic nitrogens is 2. The number of aryl methyl sites for hydroxylation is 1. The van der Waals surface area contributed by atoms with Gasteiger partial charge in [0.2, 0.25) is 0 Å². The highest BCUT2D eigenvalue weighted by molar-refractivity contribution is 5.92. The monoisotopic (exact) mass is 344 g/mol. The molecule has 1 amide bonds. The van der Waals surface area contributed by atoms with E-state index in [2.05, 4.69) is 5.32 Å². The fraction of sp³-hybridized carbons (Fsp3) is 0.389. The van der Waals surface area contributed by atoms with E-state index < -0.39 is 17.2 Å². The van der Waals surface area contributed by atoms with Gasteiger partial charge in [-0.1, -0.05) is 24.3 Å². The normalized spacial score (nSPS) is 12.2. The first-order chi connectivity index (χ1) is 11.7. The summed E-state index contributed by atoms with van der Waals surface area (Å²) in [5.41, 5.74) is 1.27. The lowest BCUT2D eigenvalue weighted by atomic mass is 10.0. The minimum Gasteiger partial charge on any atom is -0.349 e. The Labute approximate surface area is 146 Å². The van der Waals surface area contributed by atoms with Gasteiger partial charge in [0, 0.05) is 26.7 Å². The van der Waals surface area contributed by atoms with Crippen LogP contribution < -0.4 is 16.6 Å². The van der Waals surface area contributed by atoms with Gasteiger partial charge in [-0.3, -0.25) is 18.7 Å². The minimum absolute atomic E-state index is 0.0197. The largest absolute Gasteiger partial charge is 0.349 e. The van der Waals surface area contributed by atoms with Crippen molar-refractivity contribution in [3.05, 3.63) is 68.0 Å². The maximum Gasteiger partial charge on any atom is 0.331 e. The molecule has 0 aliphatic carbocycles. The van der Waals surface area contributed by atoms with Crippen LogP contribution in [0, 0.1) is 6.92 Å². The Morgan fingerprint density at radius 3 is 2.40 bits per heavy atom.